The summed E-state index contributed by atoms with van der Waals surface area (Å²) in [5.74, 6) is 0.483. The molecule has 20 heavy (non-hydrogen) atoms. The number of hydrogen-bond acceptors (Lipinski definition) is 2. The molecule has 1 aromatic rings. The predicted molar refractivity (Wildman–Crippen MR) is 85.3 cm³/mol. The van der Waals surface area contributed by atoms with E-state index >= 15 is 0 Å². The maximum absolute atomic E-state index is 5.85. The summed E-state index contributed by atoms with van der Waals surface area (Å²) in [6.45, 7) is 9.76. The number of ether oxygens (including phenoxy) is 1. The summed E-state index contributed by atoms with van der Waals surface area (Å²) in [4.78, 5) is 4.37. The zero-order valence-corrected chi connectivity index (χ0v) is 13.3. The molecule has 0 fully saturated rings. The van der Waals surface area contributed by atoms with E-state index < -0.39 is 0 Å². The summed E-state index contributed by atoms with van der Waals surface area (Å²) in [6.07, 6.45) is 0.916. The summed E-state index contributed by atoms with van der Waals surface area (Å²) in [6, 6.07) is 4.61. The number of methoxy groups -OCH3 is 1. The third-order valence-electron chi connectivity index (χ3n) is 3.30. The molecule has 4 nitrogen and oxygen atoms in total. The Kier molecular flexibility index (Phi) is 6.52. The number of guanidine groups is 1. The summed E-state index contributed by atoms with van der Waals surface area (Å²) in [7, 11) is 1.68. The third kappa shape index (κ3) is 5.21. The van der Waals surface area contributed by atoms with Crippen molar-refractivity contribution in [3.8, 4) is 0 Å². The highest BCUT2D eigenvalue weighted by molar-refractivity contribution is 5.78. The van der Waals surface area contributed by atoms with Crippen LogP contribution < -0.4 is 11.1 Å². The lowest BCUT2D eigenvalue weighted by atomic mass is 9.97. The van der Waals surface area contributed by atoms with Crippen LogP contribution in [0.1, 0.15) is 29.2 Å². The Bertz CT molecular complexity index is 446. The van der Waals surface area contributed by atoms with Crippen LogP contribution in [0.5, 0.6) is 0 Å². The van der Waals surface area contributed by atoms with Crippen molar-refractivity contribution in [2.24, 2.45) is 10.7 Å². The molecule has 3 N–H and O–H groups in total. The van der Waals surface area contributed by atoms with Crippen molar-refractivity contribution in [2.45, 2.75) is 40.2 Å². The Morgan fingerprint density at radius 2 is 1.90 bits per heavy atom. The second-order valence-electron chi connectivity index (χ2n) is 5.39. The van der Waals surface area contributed by atoms with Crippen molar-refractivity contribution in [3.63, 3.8) is 0 Å². The van der Waals surface area contributed by atoms with Gasteiger partial charge in [0.25, 0.3) is 0 Å². The van der Waals surface area contributed by atoms with E-state index in [4.69, 9.17) is 10.5 Å². The van der Waals surface area contributed by atoms with E-state index in [-0.39, 0.29) is 6.04 Å². The van der Waals surface area contributed by atoms with Crippen molar-refractivity contribution in [1.82, 2.24) is 5.32 Å². The molecule has 1 unspecified atom stereocenters. The molecule has 0 saturated carbocycles. The minimum absolute atomic E-state index is 0.173. The van der Waals surface area contributed by atoms with Gasteiger partial charge in [0.05, 0.1) is 6.61 Å². The first-order valence-electron chi connectivity index (χ1n) is 7.06. The Morgan fingerprint density at radius 3 is 2.45 bits per heavy atom. The first-order valence-corrected chi connectivity index (χ1v) is 7.06. The molecular weight excluding hydrogens is 250 g/mol. The van der Waals surface area contributed by atoms with E-state index in [1.54, 1.807) is 7.11 Å². The van der Waals surface area contributed by atoms with Gasteiger partial charge in [0.2, 0.25) is 0 Å². The summed E-state index contributed by atoms with van der Waals surface area (Å²) in [5.41, 5.74) is 11.2. The number of nitrogens with one attached hydrogen (secondary N) is 1. The Morgan fingerprint density at radius 1 is 1.30 bits per heavy atom. The van der Waals surface area contributed by atoms with E-state index in [2.05, 4.69) is 43.2 Å². The fourth-order valence-electron chi connectivity index (χ4n) is 2.48. The molecule has 0 saturated heterocycles. The van der Waals surface area contributed by atoms with E-state index in [0.29, 0.717) is 19.1 Å². The van der Waals surface area contributed by atoms with Gasteiger partial charge in [0.15, 0.2) is 5.96 Å². The molecule has 0 aliphatic heterocycles. The molecule has 1 rings (SSSR count). The molecule has 1 aromatic carbocycles. The fourth-order valence-corrected chi connectivity index (χ4v) is 2.48. The van der Waals surface area contributed by atoms with Crippen LogP contribution in [0.2, 0.25) is 0 Å². The maximum Gasteiger partial charge on any atom is 0.188 e. The fraction of sp³-hybridized carbons (Fsp3) is 0.562. The predicted octanol–water partition coefficient (Wildman–Crippen LogP) is 2.09. The highest BCUT2D eigenvalue weighted by Gasteiger charge is 2.04. The zero-order valence-electron chi connectivity index (χ0n) is 13.3. The smallest absolute Gasteiger partial charge is 0.188 e. The molecule has 1 atom stereocenters. The van der Waals surface area contributed by atoms with Crippen LogP contribution in [0.3, 0.4) is 0 Å². The lowest BCUT2D eigenvalue weighted by molar-refractivity contribution is 0.179. The Labute approximate surface area is 122 Å². The van der Waals surface area contributed by atoms with Crippen molar-refractivity contribution >= 4 is 5.96 Å². The molecule has 0 heterocycles. The average molecular weight is 277 g/mol. The topological polar surface area (TPSA) is 59.6 Å². The Hall–Kier alpha value is -1.55. The lowest BCUT2D eigenvalue weighted by Crippen LogP contribution is -2.40. The van der Waals surface area contributed by atoms with Crippen LogP contribution in [0, 0.1) is 20.8 Å². The van der Waals surface area contributed by atoms with Gasteiger partial charge in [0.1, 0.15) is 0 Å². The van der Waals surface area contributed by atoms with E-state index in [1.165, 1.54) is 22.3 Å². The number of nitrogens with two attached hydrogens (primary N) is 1. The molecular formula is C16H27N3O. The molecule has 4 heteroatoms. The van der Waals surface area contributed by atoms with Gasteiger partial charge in [-0.2, -0.15) is 0 Å². The average Bonchev–Trinajstić information content (AvgIpc) is 2.32. The minimum Gasteiger partial charge on any atom is -0.383 e. The summed E-state index contributed by atoms with van der Waals surface area (Å²) in [5, 5.41) is 3.11. The van der Waals surface area contributed by atoms with Gasteiger partial charge < -0.3 is 15.8 Å². The van der Waals surface area contributed by atoms with Crippen LogP contribution in [0.15, 0.2) is 17.1 Å². The Balaban J connectivity index is 2.55. The van der Waals surface area contributed by atoms with Gasteiger partial charge >= 0.3 is 0 Å². The van der Waals surface area contributed by atoms with E-state index in [0.717, 1.165) is 6.42 Å². The van der Waals surface area contributed by atoms with Crippen LogP contribution in [-0.4, -0.2) is 32.3 Å². The quantitative estimate of drug-likeness (QED) is 0.618. The maximum atomic E-state index is 5.85. The van der Waals surface area contributed by atoms with E-state index in [1.807, 2.05) is 6.92 Å². The van der Waals surface area contributed by atoms with Crippen molar-refractivity contribution in [2.75, 3.05) is 20.3 Å². The van der Waals surface area contributed by atoms with Gasteiger partial charge in [-0.1, -0.05) is 17.7 Å². The van der Waals surface area contributed by atoms with E-state index in [9.17, 15) is 0 Å². The number of benzene rings is 1. The first-order chi connectivity index (χ1) is 9.43. The number of rotatable bonds is 6. The lowest BCUT2D eigenvalue weighted by Gasteiger charge is -2.13. The summed E-state index contributed by atoms with van der Waals surface area (Å²) >= 11 is 0. The molecule has 0 radical (unpaired) electrons. The molecule has 0 aromatic heterocycles. The second-order valence-corrected chi connectivity index (χ2v) is 5.39. The van der Waals surface area contributed by atoms with Gasteiger partial charge in [-0.3, -0.25) is 4.99 Å². The van der Waals surface area contributed by atoms with Crippen LogP contribution >= 0.6 is 0 Å². The third-order valence-corrected chi connectivity index (χ3v) is 3.30. The summed E-state index contributed by atoms with van der Waals surface area (Å²) < 4.78 is 5.05. The highest BCUT2D eigenvalue weighted by atomic mass is 16.5. The SMILES string of the molecule is COCC(C)NC(N)=NCCc1c(C)cc(C)cc1C. The van der Waals surface area contributed by atoms with Gasteiger partial charge in [-0.05, 0) is 50.8 Å². The monoisotopic (exact) mass is 277 g/mol. The van der Waals surface area contributed by atoms with Crippen molar-refractivity contribution in [3.05, 3.63) is 34.4 Å². The van der Waals surface area contributed by atoms with Crippen molar-refractivity contribution in [1.29, 1.82) is 0 Å². The zero-order chi connectivity index (χ0) is 15.1. The van der Waals surface area contributed by atoms with Crippen molar-refractivity contribution < 1.29 is 4.74 Å². The van der Waals surface area contributed by atoms with Gasteiger partial charge in [0, 0.05) is 19.7 Å². The largest absolute Gasteiger partial charge is 0.383 e. The van der Waals surface area contributed by atoms with Gasteiger partial charge in [-0.25, -0.2) is 0 Å². The molecule has 0 aliphatic carbocycles. The molecule has 0 bridgehead atoms. The minimum atomic E-state index is 0.173. The molecule has 0 amide bonds. The number of aryl methyl sites for hydroxylation is 3. The molecule has 0 spiro atoms. The normalized spacial score (nSPS) is 13.3. The van der Waals surface area contributed by atoms with Crippen LogP contribution in [-0.2, 0) is 11.2 Å². The van der Waals surface area contributed by atoms with Crippen LogP contribution in [0.4, 0.5) is 0 Å². The first kappa shape index (κ1) is 16.5. The number of nitrogens with zero attached hydrogens (tertiary/aromatic N) is 1. The highest BCUT2D eigenvalue weighted by Crippen LogP contribution is 2.16. The number of hydrogen-bond donors (Lipinski definition) is 2. The number of aliphatic imine (C=N–C) groups is 1. The van der Waals surface area contributed by atoms with Gasteiger partial charge in [-0.15, -0.1) is 0 Å². The standard InChI is InChI=1S/C16H27N3O/c1-11-8-12(2)15(13(3)9-11)6-7-18-16(17)19-14(4)10-20-5/h8-9,14H,6-7,10H2,1-5H3,(H3,17,18,19). The molecule has 112 valence electrons. The second kappa shape index (κ2) is 7.90. The van der Waals surface area contributed by atoms with Crippen LogP contribution in [0.25, 0.3) is 0 Å². The molecule has 0 aliphatic rings.